The van der Waals surface area contributed by atoms with Gasteiger partial charge in [0.25, 0.3) is 0 Å². The van der Waals surface area contributed by atoms with E-state index in [1.807, 2.05) is 26.0 Å². The van der Waals surface area contributed by atoms with Crippen molar-refractivity contribution in [3.8, 4) is 0 Å². The molecule has 1 heterocycles. The molecular weight excluding hydrogens is 229 g/mol. The van der Waals surface area contributed by atoms with Crippen LogP contribution in [0.3, 0.4) is 0 Å². The number of nitrogens with one attached hydrogen (secondary N) is 1. The number of benzene rings is 1. The summed E-state index contributed by atoms with van der Waals surface area (Å²) < 4.78 is 13.1. The van der Waals surface area contributed by atoms with Crippen molar-refractivity contribution in [2.75, 3.05) is 0 Å². The molecule has 0 radical (unpaired) electrons. The minimum Gasteiger partial charge on any atom is -0.305 e. The molecule has 0 fully saturated rings. The van der Waals surface area contributed by atoms with Gasteiger partial charge in [0.2, 0.25) is 0 Å². The first-order valence-corrected chi connectivity index (χ1v) is 5.92. The fourth-order valence-electron chi connectivity index (χ4n) is 1.76. The predicted molar refractivity (Wildman–Crippen MR) is 68.4 cm³/mol. The second-order valence-corrected chi connectivity index (χ2v) is 4.25. The number of aryl methyl sites for hydroxylation is 1. The molecule has 1 atom stereocenters. The smallest absolute Gasteiger partial charge is 0.125 e. The molecule has 0 saturated heterocycles. The van der Waals surface area contributed by atoms with E-state index in [0.29, 0.717) is 6.54 Å². The Bertz CT molecular complexity index is 528. The van der Waals surface area contributed by atoms with Crippen molar-refractivity contribution >= 4 is 0 Å². The van der Waals surface area contributed by atoms with Crippen molar-refractivity contribution in [1.29, 1.82) is 0 Å². The van der Waals surface area contributed by atoms with Gasteiger partial charge in [0.05, 0.1) is 5.69 Å². The molecule has 1 N–H and O–H groups in total. The highest BCUT2D eigenvalue weighted by Crippen LogP contribution is 2.13. The molecule has 18 heavy (non-hydrogen) atoms. The number of aromatic nitrogens is 2. The topological polar surface area (TPSA) is 37.8 Å². The van der Waals surface area contributed by atoms with Crippen LogP contribution in [0.4, 0.5) is 4.39 Å². The lowest BCUT2D eigenvalue weighted by molar-refractivity contribution is 0.558. The molecule has 1 aromatic carbocycles. The zero-order valence-corrected chi connectivity index (χ0v) is 10.5. The van der Waals surface area contributed by atoms with Crippen LogP contribution in [0.2, 0.25) is 0 Å². The van der Waals surface area contributed by atoms with Gasteiger partial charge in [-0.2, -0.15) is 0 Å². The van der Waals surface area contributed by atoms with E-state index < -0.39 is 0 Å². The quantitative estimate of drug-likeness (QED) is 0.900. The second-order valence-electron chi connectivity index (χ2n) is 4.25. The summed E-state index contributed by atoms with van der Waals surface area (Å²) in [7, 11) is 0. The van der Waals surface area contributed by atoms with Crippen LogP contribution in [-0.4, -0.2) is 9.97 Å². The largest absolute Gasteiger partial charge is 0.305 e. The van der Waals surface area contributed by atoms with Gasteiger partial charge >= 0.3 is 0 Å². The Morgan fingerprint density at radius 3 is 2.89 bits per heavy atom. The molecule has 0 aliphatic heterocycles. The maximum Gasteiger partial charge on any atom is 0.125 e. The molecule has 0 spiro atoms. The van der Waals surface area contributed by atoms with E-state index in [4.69, 9.17) is 0 Å². The van der Waals surface area contributed by atoms with E-state index in [0.717, 1.165) is 17.1 Å². The third-order valence-corrected chi connectivity index (χ3v) is 2.77. The van der Waals surface area contributed by atoms with Crippen LogP contribution in [-0.2, 0) is 6.54 Å². The summed E-state index contributed by atoms with van der Waals surface area (Å²) in [6, 6.07) is 8.57. The molecule has 2 rings (SSSR count). The molecule has 3 nitrogen and oxygen atoms in total. The molecule has 2 aromatic rings. The van der Waals surface area contributed by atoms with E-state index >= 15 is 0 Å². The average molecular weight is 245 g/mol. The fourth-order valence-corrected chi connectivity index (χ4v) is 1.76. The molecule has 0 aliphatic rings. The summed E-state index contributed by atoms with van der Waals surface area (Å²) in [5.41, 5.74) is 1.87. The molecule has 94 valence electrons. The van der Waals surface area contributed by atoms with Gasteiger partial charge in [0.15, 0.2) is 0 Å². The lowest BCUT2D eigenvalue weighted by atomic mass is 10.1. The Labute approximate surface area is 106 Å². The number of hydrogen-bond acceptors (Lipinski definition) is 3. The third kappa shape index (κ3) is 3.34. The van der Waals surface area contributed by atoms with E-state index in [9.17, 15) is 4.39 Å². The monoisotopic (exact) mass is 245 g/mol. The number of rotatable bonds is 4. The van der Waals surface area contributed by atoms with Gasteiger partial charge in [-0.05, 0) is 37.6 Å². The highest BCUT2D eigenvalue weighted by molar-refractivity contribution is 5.19. The van der Waals surface area contributed by atoms with E-state index in [-0.39, 0.29) is 11.9 Å². The predicted octanol–water partition coefficient (Wildman–Crippen LogP) is 2.77. The number of nitrogens with zero attached hydrogens (tertiary/aromatic N) is 2. The van der Waals surface area contributed by atoms with Gasteiger partial charge in [-0.1, -0.05) is 12.1 Å². The Morgan fingerprint density at radius 1 is 1.33 bits per heavy atom. The lowest BCUT2D eigenvalue weighted by Gasteiger charge is -2.14. The van der Waals surface area contributed by atoms with Gasteiger partial charge in [0, 0.05) is 18.8 Å². The Morgan fingerprint density at radius 2 is 2.17 bits per heavy atom. The van der Waals surface area contributed by atoms with Gasteiger partial charge in [-0.3, -0.25) is 0 Å². The van der Waals surface area contributed by atoms with Crippen LogP contribution in [0.15, 0.2) is 36.5 Å². The SMILES string of the molecule is Cc1nccc(CN[C@@H](C)c2cccc(F)c2)n1. The first-order valence-electron chi connectivity index (χ1n) is 5.92. The summed E-state index contributed by atoms with van der Waals surface area (Å²) in [4.78, 5) is 8.36. The van der Waals surface area contributed by atoms with Crippen LogP contribution in [0, 0.1) is 12.7 Å². The van der Waals surface area contributed by atoms with E-state index in [1.165, 1.54) is 6.07 Å². The zero-order chi connectivity index (χ0) is 13.0. The maximum atomic E-state index is 13.1. The summed E-state index contributed by atoms with van der Waals surface area (Å²) in [5, 5.41) is 3.31. The molecule has 0 unspecified atom stereocenters. The van der Waals surface area contributed by atoms with Crippen molar-refractivity contribution < 1.29 is 4.39 Å². The van der Waals surface area contributed by atoms with Crippen molar-refractivity contribution in [2.24, 2.45) is 0 Å². The van der Waals surface area contributed by atoms with Gasteiger partial charge < -0.3 is 5.32 Å². The molecular formula is C14H16FN3. The van der Waals surface area contributed by atoms with Crippen LogP contribution >= 0.6 is 0 Å². The molecule has 0 bridgehead atoms. The minimum atomic E-state index is -0.209. The summed E-state index contributed by atoms with van der Waals surface area (Å²) >= 11 is 0. The van der Waals surface area contributed by atoms with Crippen molar-refractivity contribution in [1.82, 2.24) is 15.3 Å². The van der Waals surface area contributed by atoms with Crippen molar-refractivity contribution in [3.63, 3.8) is 0 Å². The third-order valence-electron chi connectivity index (χ3n) is 2.77. The second kappa shape index (κ2) is 5.69. The van der Waals surface area contributed by atoms with E-state index in [1.54, 1.807) is 18.3 Å². The first-order chi connectivity index (χ1) is 8.65. The Hall–Kier alpha value is -1.81. The zero-order valence-electron chi connectivity index (χ0n) is 10.5. The summed E-state index contributed by atoms with van der Waals surface area (Å²) in [6.07, 6.45) is 1.74. The fraction of sp³-hybridized carbons (Fsp3) is 0.286. The number of halogens is 1. The van der Waals surface area contributed by atoms with Gasteiger partial charge in [-0.15, -0.1) is 0 Å². The van der Waals surface area contributed by atoms with Crippen molar-refractivity contribution in [3.05, 3.63) is 59.4 Å². The molecule has 4 heteroatoms. The Balaban J connectivity index is 1.98. The van der Waals surface area contributed by atoms with Crippen LogP contribution < -0.4 is 5.32 Å². The number of hydrogen-bond donors (Lipinski definition) is 1. The summed E-state index contributed by atoms with van der Waals surface area (Å²) in [5.74, 6) is 0.548. The molecule has 0 saturated carbocycles. The molecule has 1 aromatic heterocycles. The minimum absolute atomic E-state index is 0.0796. The van der Waals surface area contributed by atoms with E-state index in [2.05, 4.69) is 15.3 Å². The average Bonchev–Trinajstić information content (AvgIpc) is 2.36. The first kappa shape index (κ1) is 12.6. The van der Waals surface area contributed by atoms with Crippen LogP contribution in [0.5, 0.6) is 0 Å². The Kier molecular flexibility index (Phi) is 3.99. The highest BCUT2D eigenvalue weighted by Gasteiger charge is 2.06. The molecule has 0 aliphatic carbocycles. The highest BCUT2D eigenvalue weighted by atomic mass is 19.1. The molecule has 0 amide bonds. The normalized spacial score (nSPS) is 12.4. The van der Waals surface area contributed by atoms with Crippen LogP contribution in [0.25, 0.3) is 0 Å². The van der Waals surface area contributed by atoms with Crippen molar-refractivity contribution in [2.45, 2.75) is 26.4 Å². The van der Waals surface area contributed by atoms with Gasteiger partial charge in [-0.25, -0.2) is 14.4 Å². The summed E-state index contributed by atoms with van der Waals surface area (Å²) in [6.45, 7) is 4.50. The lowest BCUT2D eigenvalue weighted by Crippen LogP contribution is -2.19. The standard InChI is InChI=1S/C14H16FN3/c1-10(12-4-3-5-13(15)8-12)17-9-14-6-7-16-11(2)18-14/h3-8,10,17H,9H2,1-2H3/t10-/m0/s1. The maximum absolute atomic E-state index is 13.1. The van der Waals surface area contributed by atoms with Crippen LogP contribution in [0.1, 0.15) is 30.0 Å². The van der Waals surface area contributed by atoms with Gasteiger partial charge in [0.1, 0.15) is 11.6 Å².